The molecule has 1 amide bonds. The summed E-state index contributed by atoms with van der Waals surface area (Å²) in [6.07, 6.45) is 1.55. The van der Waals surface area contributed by atoms with Gasteiger partial charge in [-0.3, -0.25) is 4.79 Å². The lowest BCUT2D eigenvalue weighted by atomic mass is 10.2. The van der Waals surface area contributed by atoms with Gasteiger partial charge in [0.05, 0.1) is 0 Å². The Hall–Kier alpha value is -2.37. The van der Waals surface area contributed by atoms with E-state index in [0.717, 1.165) is 5.56 Å². The van der Waals surface area contributed by atoms with Crippen molar-refractivity contribution >= 4 is 11.6 Å². The Morgan fingerprint density at radius 1 is 1.33 bits per heavy atom. The van der Waals surface area contributed by atoms with Gasteiger partial charge >= 0.3 is 0 Å². The van der Waals surface area contributed by atoms with Crippen molar-refractivity contribution in [2.45, 2.75) is 6.54 Å². The first kappa shape index (κ1) is 12.1. The molecule has 6 nitrogen and oxygen atoms in total. The van der Waals surface area contributed by atoms with Crippen LogP contribution in [0.3, 0.4) is 0 Å². The third kappa shape index (κ3) is 2.65. The second-order valence-corrected chi connectivity index (χ2v) is 4.18. The standard InChI is InChI=1S/C12H15N5O/c1-16(2)11(18)7-17-8-14-12(15-17)9-3-5-10(13)6-4-9/h3-6,8H,7,13H2,1-2H3. The molecule has 94 valence electrons. The van der Waals surface area contributed by atoms with Gasteiger partial charge in [0.2, 0.25) is 5.91 Å². The molecule has 2 aromatic rings. The zero-order valence-electron chi connectivity index (χ0n) is 10.4. The molecule has 1 aromatic heterocycles. The van der Waals surface area contributed by atoms with Crippen LogP contribution in [0.15, 0.2) is 30.6 Å². The summed E-state index contributed by atoms with van der Waals surface area (Å²) >= 11 is 0. The van der Waals surface area contributed by atoms with Gasteiger partial charge in [0.25, 0.3) is 0 Å². The van der Waals surface area contributed by atoms with Crippen LogP contribution < -0.4 is 5.73 Å². The molecule has 0 saturated heterocycles. The van der Waals surface area contributed by atoms with Gasteiger partial charge in [0, 0.05) is 25.3 Å². The SMILES string of the molecule is CN(C)C(=O)Cn1cnc(-c2ccc(N)cc2)n1. The second kappa shape index (κ2) is 4.87. The molecular weight excluding hydrogens is 230 g/mol. The van der Waals surface area contributed by atoms with Gasteiger partial charge in [-0.1, -0.05) is 0 Å². The number of nitrogen functional groups attached to an aromatic ring is 1. The predicted octanol–water partition coefficient (Wildman–Crippen LogP) is 0.615. The average molecular weight is 245 g/mol. The number of nitrogens with two attached hydrogens (primary N) is 1. The molecule has 2 N–H and O–H groups in total. The first-order valence-electron chi connectivity index (χ1n) is 5.52. The fourth-order valence-corrected chi connectivity index (χ4v) is 1.42. The van der Waals surface area contributed by atoms with Crippen molar-refractivity contribution in [2.24, 2.45) is 0 Å². The zero-order chi connectivity index (χ0) is 13.1. The number of carbonyl (C=O) groups excluding carboxylic acids is 1. The first-order valence-corrected chi connectivity index (χ1v) is 5.52. The zero-order valence-corrected chi connectivity index (χ0v) is 10.4. The molecule has 0 fully saturated rings. The molecule has 0 saturated carbocycles. The van der Waals surface area contributed by atoms with Gasteiger partial charge in [-0.15, -0.1) is 0 Å². The fourth-order valence-electron chi connectivity index (χ4n) is 1.42. The Kier molecular flexibility index (Phi) is 3.27. The lowest BCUT2D eigenvalue weighted by molar-refractivity contribution is -0.129. The number of rotatable bonds is 3. The van der Waals surface area contributed by atoms with Crippen molar-refractivity contribution in [3.63, 3.8) is 0 Å². The second-order valence-electron chi connectivity index (χ2n) is 4.18. The van der Waals surface area contributed by atoms with Crippen molar-refractivity contribution in [3.05, 3.63) is 30.6 Å². The van der Waals surface area contributed by atoms with Crippen LogP contribution >= 0.6 is 0 Å². The van der Waals surface area contributed by atoms with E-state index in [-0.39, 0.29) is 12.5 Å². The highest BCUT2D eigenvalue weighted by Crippen LogP contribution is 2.15. The van der Waals surface area contributed by atoms with Crippen molar-refractivity contribution < 1.29 is 4.79 Å². The minimum Gasteiger partial charge on any atom is -0.399 e. The molecule has 18 heavy (non-hydrogen) atoms. The number of hydrogen-bond acceptors (Lipinski definition) is 4. The Labute approximate surface area is 105 Å². The maximum atomic E-state index is 11.5. The van der Waals surface area contributed by atoms with E-state index in [0.29, 0.717) is 11.5 Å². The van der Waals surface area contributed by atoms with Gasteiger partial charge < -0.3 is 10.6 Å². The van der Waals surface area contributed by atoms with Gasteiger partial charge in [0.1, 0.15) is 12.9 Å². The fraction of sp³-hybridized carbons (Fsp3) is 0.250. The molecule has 2 rings (SSSR count). The topological polar surface area (TPSA) is 77.0 Å². The van der Waals surface area contributed by atoms with E-state index < -0.39 is 0 Å². The Morgan fingerprint density at radius 3 is 2.61 bits per heavy atom. The third-order valence-electron chi connectivity index (χ3n) is 2.50. The van der Waals surface area contributed by atoms with Crippen LogP contribution in [0.25, 0.3) is 11.4 Å². The quantitative estimate of drug-likeness (QED) is 0.804. The average Bonchev–Trinajstić information content (AvgIpc) is 2.78. The first-order chi connectivity index (χ1) is 8.56. The molecule has 1 heterocycles. The van der Waals surface area contributed by atoms with Crippen LogP contribution in [0.1, 0.15) is 0 Å². The number of nitrogens with zero attached hydrogens (tertiary/aromatic N) is 4. The number of aromatic nitrogens is 3. The van der Waals surface area contributed by atoms with Crippen LogP contribution in [0.5, 0.6) is 0 Å². The lowest BCUT2D eigenvalue weighted by Crippen LogP contribution is -2.26. The molecule has 0 aliphatic rings. The number of hydrogen-bond donors (Lipinski definition) is 1. The molecule has 0 aliphatic heterocycles. The monoisotopic (exact) mass is 245 g/mol. The minimum atomic E-state index is -0.0243. The highest BCUT2D eigenvalue weighted by atomic mass is 16.2. The van der Waals surface area contributed by atoms with E-state index in [1.165, 1.54) is 9.58 Å². The Bertz CT molecular complexity index is 544. The van der Waals surface area contributed by atoms with Crippen LogP contribution in [-0.2, 0) is 11.3 Å². The van der Waals surface area contributed by atoms with Crippen molar-refractivity contribution in [1.29, 1.82) is 0 Å². The Morgan fingerprint density at radius 2 is 2.00 bits per heavy atom. The number of carbonyl (C=O) groups is 1. The van der Waals surface area contributed by atoms with Crippen LogP contribution in [0.2, 0.25) is 0 Å². The molecule has 0 spiro atoms. The van der Waals surface area contributed by atoms with E-state index >= 15 is 0 Å². The largest absolute Gasteiger partial charge is 0.399 e. The molecule has 6 heteroatoms. The van der Waals surface area contributed by atoms with E-state index in [1.807, 2.05) is 12.1 Å². The van der Waals surface area contributed by atoms with Gasteiger partial charge in [-0.05, 0) is 24.3 Å². The molecule has 0 bridgehead atoms. The summed E-state index contributed by atoms with van der Waals surface area (Å²) in [4.78, 5) is 17.2. The van der Waals surface area contributed by atoms with Crippen LogP contribution in [0, 0.1) is 0 Å². The highest BCUT2D eigenvalue weighted by molar-refractivity contribution is 5.75. The van der Waals surface area contributed by atoms with E-state index in [2.05, 4.69) is 10.1 Å². The smallest absolute Gasteiger partial charge is 0.243 e. The van der Waals surface area contributed by atoms with Gasteiger partial charge in [-0.25, -0.2) is 9.67 Å². The molecule has 0 atom stereocenters. The highest BCUT2D eigenvalue weighted by Gasteiger charge is 2.08. The van der Waals surface area contributed by atoms with E-state index in [9.17, 15) is 4.79 Å². The normalized spacial score (nSPS) is 10.3. The summed E-state index contributed by atoms with van der Waals surface area (Å²) in [7, 11) is 3.42. The summed E-state index contributed by atoms with van der Waals surface area (Å²) in [6.45, 7) is 0.189. The number of likely N-dealkylation sites (N-methyl/N-ethyl adjacent to an activating group) is 1. The molecular formula is C12H15N5O. The third-order valence-corrected chi connectivity index (χ3v) is 2.50. The maximum absolute atomic E-state index is 11.5. The van der Waals surface area contributed by atoms with Gasteiger partial charge in [-0.2, -0.15) is 5.10 Å². The van der Waals surface area contributed by atoms with E-state index in [1.54, 1.807) is 32.6 Å². The summed E-state index contributed by atoms with van der Waals surface area (Å²) < 4.78 is 1.52. The van der Waals surface area contributed by atoms with Gasteiger partial charge in [0.15, 0.2) is 5.82 Å². The Balaban J connectivity index is 2.15. The summed E-state index contributed by atoms with van der Waals surface area (Å²) in [5, 5.41) is 4.25. The number of anilines is 1. The summed E-state index contributed by atoms with van der Waals surface area (Å²) in [6, 6.07) is 7.29. The molecule has 0 radical (unpaired) electrons. The molecule has 0 unspecified atom stereocenters. The van der Waals surface area contributed by atoms with Crippen molar-refractivity contribution in [1.82, 2.24) is 19.7 Å². The van der Waals surface area contributed by atoms with Crippen molar-refractivity contribution in [3.8, 4) is 11.4 Å². The van der Waals surface area contributed by atoms with Crippen molar-refractivity contribution in [2.75, 3.05) is 19.8 Å². The van der Waals surface area contributed by atoms with E-state index in [4.69, 9.17) is 5.73 Å². The van der Waals surface area contributed by atoms with Crippen LogP contribution in [-0.4, -0.2) is 39.7 Å². The molecule has 0 aliphatic carbocycles. The molecule has 1 aromatic carbocycles. The maximum Gasteiger partial charge on any atom is 0.243 e. The minimum absolute atomic E-state index is 0.0243. The van der Waals surface area contributed by atoms with Crippen LogP contribution in [0.4, 0.5) is 5.69 Å². The summed E-state index contributed by atoms with van der Waals surface area (Å²) in [5.74, 6) is 0.560. The summed E-state index contributed by atoms with van der Waals surface area (Å²) in [5.41, 5.74) is 7.18. The number of benzene rings is 1. The number of amides is 1. The lowest BCUT2D eigenvalue weighted by Gasteiger charge is -2.08. The predicted molar refractivity (Wildman–Crippen MR) is 68.6 cm³/mol.